The van der Waals surface area contributed by atoms with Crippen LogP contribution in [0.4, 0.5) is 15.6 Å². The fourth-order valence-corrected chi connectivity index (χ4v) is 5.04. The van der Waals surface area contributed by atoms with Gasteiger partial charge in [-0.3, -0.25) is 10.1 Å². The second-order valence-corrected chi connectivity index (χ2v) is 10.1. The summed E-state index contributed by atoms with van der Waals surface area (Å²) in [5, 5.41) is 6.13. The fraction of sp³-hybridized carbons (Fsp3) is 0.320. The number of benzene rings is 2. The Hall–Kier alpha value is -3.11. The number of nitrogens with zero attached hydrogens (tertiary/aromatic N) is 2. The van der Waals surface area contributed by atoms with Crippen molar-refractivity contribution in [1.82, 2.24) is 9.88 Å². The summed E-state index contributed by atoms with van der Waals surface area (Å²) >= 11 is 4.66. The number of hydrogen-bond acceptors (Lipinski definition) is 6. The zero-order valence-electron chi connectivity index (χ0n) is 20.8. The van der Waals surface area contributed by atoms with E-state index in [4.69, 9.17) is 9.47 Å². The topological polar surface area (TPSA) is 92.8 Å². The van der Waals surface area contributed by atoms with E-state index >= 15 is 0 Å². The Morgan fingerprint density at radius 1 is 1.00 bits per heavy atom. The molecule has 35 heavy (non-hydrogen) atoms. The first-order valence-corrected chi connectivity index (χ1v) is 12.4. The number of carbonyl (C=O) groups excluding carboxylic acids is 2. The van der Waals surface area contributed by atoms with Gasteiger partial charge in [-0.1, -0.05) is 45.0 Å². The molecule has 0 unspecified atom stereocenters. The van der Waals surface area contributed by atoms with Gasteiger partial charge in [0.25, 0.3) is 5.91 Å². The number of rotatable bonds is 7. The van der Waals surface area contributed by atoms with Gasteiger partial charge in [-0.2, -0.15) is 0 Å². The Morgan fingerprint density at radius 2 is 1.60 bits per heavy atom. The van der Waals surface area contributed by atoms with Gasteiger partial charge in [0.05, 0.1) is 19.9 Å². The quantitative estimate of drug-likeness (QED) is 0.365. The van der Waals surface area contributed by atoms with E-state index in [9.17, 15) is 9.59 Å². The molecule has 3 rings (SSSR count). The minimum absolute atomic E-state index is 0.252. The predicted molar refractivity (Wildman–Crippen MR) is 143 cm³/mol. The Morgan fingerprint density at radius 3 is 2.20 bits per heavy atom. The van der Waals surface area contributed by atoms with Crippen LogP contribution in [0.3, 0.4) is 0 Å². The number of halogens is 1. The van der Waals surface area contributed by atoms with Gasteiger partial charge in [-0.25, -0.2) is 9.78 Å². The zero-order chi connectivity index (χ0) is 25.9. The standard InChI is InChI=1S/C25H29BrN4O4S/c1-13-8-14(2)21(15(3)9-13)28-23(31)22-16(4)27-24(35-22)29-25(32)30(5)12-17-10-19(33-6)20(34-7)11-18(17)26/h8-11H,12H2,1-7H3,(H,28,31)(H,27,29,32). The molecule has 0 radical (unpaired) electrons. The minimum Gasteiger partial charge on any atom is -0.493 e. The lowest BCUT2D eigenvalue weighted by Gasteiger charge is -2.19. The van der Waals surface area contributed by atoms with Crippen molar-refractivity contribution in [1.29, 1.82) is 0 Å². The predicted octanol–water partition coefficient (Wildman–Crippen LogP) is 6.07. The van der Waals surface area contributed by atoms with Gasteiger partial charge in [0, 0.05) is 23.8 Å². The number of ether oxygens (including phenoxy) is 2. The molecule has 0 aliphatic carbocycles. The maximum Gasteiger partial charge on any atom is 0.323 e. The van der Waals surface area contributed by atoms with Crippen molar-refractivity contribution >= 4 is 50.0 Å². The molecule has 0 bridgehead atoms. The largest absolute Gasteiger partial charge is 0.493 e. The first-order valence-electron chi connectivity index (χ1n) is 10.8. The SMILES string of the molecule is COc1cc(Br)c(CN(C)C(=O)Nc2nc(C)c(C(=O)Nc3c(C)cc(C)cc3C)s2)cc1OC. The molecule has 3 amide bonds. The lowest BCUT2D eigenvalue weighted by atomic mass is 10.1. The summed E-state index contributed by atoms with van der Waals surface area (Å²) in [6, 6.07) is 7.32. The van der Waals surface area contributed by atoms with Crippen molar-refractivity contribution in [3.05, 3.63) is 61.6 Å². The van der Waals surface area contributed by atoms with Crippen molar-refractivity contribution in [2.24, 2.45) is 0 Å². The number of urea groups is 1. The average Bonchev–Trinajstić information content (AvgIpc) is 3.16. The van der Waals surface area contributed by atoms with E-state index in [0.717, 1.165) is 43.8 Å². The normalized spacial score (nSPS) is 10.6. The number of methoxy groups -OCH3 is 2. The van der Waals surface area contributed by atoms with E-state index in [1.807, 2.05) is 39.0 Å². The monoisotopic (exact) mass is 560 g/mol. The van der Waals surface area contributed by atoms with E-state index in [1.165, 1.54) is 4.90 Å². The average molecular weight is 562 g/mol. The molecule has 1 heterocycles. The Labute approximate surface area is 217 Å². The van der Waals surface area contributed by atoms with Crippen LogP contribution in [0.15, 0.2) is 28.7 Å². The number of nitrogens with one attached hydrogen (secondary N) is 2. The minimum atomic E-state index is -0.349. The summed E-state index contributed by atoms with van der Waals surface area (Å²) < 4.78 is 11.5. The lowest BCUT2D eigenvalue weighted by molar-refractivity contribution is 0.102. The third kappa shape index (κ3) is 6.12. The number of hydrogen-bond donors (Lipinski definition) is 2. The highest BCUT2D eigenvalue weighted by Crippen LogP contribution is 2.34. The maximum atomic E-state index is 13.0. The van der Waals surface area contributed by atoms with Gasteiger partial charge in [0.1, 0.15) is 4.88 Å². The molecule has 0 aliphatic heterocycles. The Balaban J connectivity index is 1.71. The molecule has 3 aromatic rings. The van der Waals surface area contributed by atoms with Gasteiger partial charge in [0.2, 0.25) is 0 Å². The van der Waals surface area contributed by atoms with Crippen LogP contribution in [-0.4, -0.2) is 43.1 Å². The number of anilines is 2. The highest BCUT2D eigenvalue weighted by molar-refractivity contribution is 9.10. The number of aryl methyl sites for hydroxylation is 4. The summed E-state index contributed by atoms with van der Waals surface area (Å²) in [7, 11) is 4.80. The van der Waals surface area contributed by atoms with Crippen LogP contribution >= 0.6 is 27.3 Å². The van der Waals surface area contributed by atoms with Crippen LogP contribution in [0.5, 0.6) is 11.5 Å². The van der Waals surface area contributed by atoms with Crippen LogP contribution in [0.25, 0.3) is 0 Å². The van der Waals surface area contributed by atoms with Gasteiger partial charge < -0.3 is 19.7 Å². The summed E-state index contributed by atoms with van der Waals surface area (Å²) in [4.78, 5) is 32.1. The van der Waals surface area contributed by atoms with Crippen LogP contribution in [0, 0.1) is 27.7 Å². The van der Waals surface area contributed by atoms with E-state index in [1.54, 1.807) is 34.3 Å². The summed E-state index contributed by atoms with van der Waals surface area (Å²) in [6.45, 7) is 8.02. The summed E-state index contributed by atoms with van der Waals surface area (Å²) in [6.07, 6.45) is 0. The molecule has 0 saturated heterocycles. The molecule has 8 nitrogen and oxygen atoms in total. The highest BCUT2D eigenvalue weighted by atomic mass is 79.9. The van der Waals surface area contributed by atoms with Crippen molar-refractivity contribution in [3.8, 4) is 11.5 Å². The smallest absolute Gasteiger partial charge is 0.323 e. The molecule has 2 N–H and O–H groups in total. The van der Waals surface area contributed by atoms with Gasteiger partial charge in [0.15, 0.2) is 16.6 Å². The molecule has 0 atom stereocenters. The first-order chi connectivity index (χ1) is 16.5. The molecule has 1 aromatic heterocycles. The number of thiazole rings is 1. The third-order valence-electron chi connectivity index (χ3n) is 5.44. The van der Waals surface area contributed by atoms with Crippen LogP contribution in [0.2, 0.25) is 0 Å². The third-order valence-corrected chi connectivity index (χ3v) is 7.25. The van der Waals surface area contributed by atoms with Crippen molar-refractivity contribution in [2.45, 2.75) is 34.2 Å². The maximum absolute atomic E-state index is 13.0. The number of carbonyl (C=O) groups is 2. The molecule has 0 aliphatic rings. The molecule has 10 heteroatoms. The van der Waals surface area contributed by atoms with E-state index in [-0.39, 0.29) is 11.9 Å². The second-order valence-electron chi connectivity index (χ2n) is 8.25. The highest BCUT2D eigenvalue weighted by Gasteiger charge is 2.20. The van der Waals surface area contributed by atoms with Crippen LogP contribution in [0.1, 0.15) is 37.6 Å². The van der Waals surface area contributed by atoms with E-state index in [0.29, 0.717) is 33.7 Å². The molecule has 0 fully saturated rings. The Bertz CT molecular complexity index is 1250. The van der Waals surface area contributed by atoms with Crippen LogP contribution < -0.4 is 20.1 Å². The number of aromatic nitrogens is 1. The summed E-state index contributed by atoms with van der Waals surface area (Å²) in [5.74, 6) is 0.915. The van der Waals surface area contributed by atoms with E-state index in [2.05, 4.69) is 31.5 Å². The van der Waals surface area contributed by atoms with Gasteiger partial charge >= 0.3 is 6.03 Å². The fourth-order valence-electron chi connectivity index (χ4n) is 3.74. The van der Waals surface area contributed by atoms with Crippen molar-refractivity contribution in [2.75, 3.05) is 31.9 Å². The molecular formula is C25H29BrN4O4S. The summed E-state index contributed by atoms with van der Waals surface area (Å²) in [5.41, 5.74) is 5.32. The zero-order valence-corrected chi connectivity index (χ0v) is 23.2. The van der Waals surface area contributed by atoms with Crippen LogP contribution in [-0.2, 0) is 6.54 Å². The molecule has 2 aromatic carbocycles. The van der Waals surface area contributed by atoms with Crippen molar-refractivity contribution < 1.29 is 19.1 Å². The second kappa shape index (κ2) is 11.1. The first kappa shape index (κ1) is 26.5. The Kier molecular flexibility index (Phi) is 8.39. The molecule has 0 saturated carbocycles. The van der Waals surface area contributed by atoms with E-state index < -0.39 is 0 Å². The molecular weight excluding hydrogens is 532 g/mol. The van der Waals surface area contributed by atoms with Gasteiger partial charge in [-0.05, 0) is 56.5 Å². The van der Waals surface area contributed by atoms with Crippen molar-refractivity contribution in [3.63, 3.8) is 0 Å². The molecule has 0 spiro atoms. The lowest BCUT2D eigenvalue weighted by Crippen LogP contribution is -2.30. The van der Waals surface area contributed by atoms with Gasteiger partial charge in [-0.15, -0.1) is 0 Å². The number of amides is 3. The molecule has 186 valence electrons.